The summed E-state index contributed by atoms with van der Waals surface area (Å²) < 4.78 is 31.2. The van der Waals surface area contributed by atoms with Gasteiger partial charge in [-0.2, -0.15) is 0 Å². The van der Waals surface area contributed by atoms with Gasteiger partial charge in [0, 0.05) is 21.7 Å². The maximum absolute atomic E-state index is 12.7. The molecule has 1 fully saturated rings. The Morgan fingerprint density at radius 3 is 2.71 bits per heavy atom. The van der Waals surface area contributed by atoms with Gasteiger partial charge in [0.15, 0.2) is 9.84 Å². The average Bonchev–Trinajstić information content (AvgIpc) is 3.12. The van der Waals surface area contributed by atoms with Crippen LogP contribution in [0.2, 0.25) is 5.02 Å². The first-order valence-corrected chi connectivity index (χ1v) is 11.1. The Labute approximate surface area is 175 Å². The fourth-order valence-electron chi connectivity index (χ4n) is 2.87. The Bertz CT molecular complexity index is 1020. The monoisotopic (exact) mass is 489 g/mol. The van der Waals surface area contributed by atoms with Gasteiger partial charge < -0.3 is 20.3 Å². The molecule has 1 aliphatic rings. The number of carbonyl (C=O) groups excluding carboxylic acids is 1. The standard InChI is InChI=1S/C18H17BrClNO6S/c19-11-1-2-15(22)16(6-11)28(25,26)9-10-5-12(20)7-14(17(10)23)18(24)21-13-3-4-27-8-13/h1-2,5-7,13,22-23H,3-4,8-9H2,(H,21,24)/t13-/m0/s1. The highest BCUT2D eigenvalue weighted by molar-refractivity contribution is 9.10. The van der Waals surface area contributed by atoms with Crippen LogP contribution in [0.25, 0.3) is 0 Å². The predicted octanol–water partition coefficient (Wildman–Crippen LogP) is 3.01. The van der Waals surface area contributed by atoms with Crippen molar-refractivity contribution in [3.63, 3.8) is 0 Å². The van der Waals surface area contributed by atoms with Gasteiger partial charge in [-0.25, -0.2) is 8.42 Å². The highest BCUT2D eigenvalue weighted by Gasteiger charge is 2.26. The van der Waals surface area contributed by atoms with Gasteiger partial charge in [-0.1, -0.05) is 27.5 Å². The first-order chi connectivity index (χ1) is 13.2. The summed E-state index contributed by atoms with van der Waals surface area (Å²) >= 11 is 9.21. The lowest BCUT2D eigenvalue weighted by Gasteiger charge is -2.14. The molecule has 0 aliphatic carbocycles. The van der Waals surface area contributed by atoms with Crippen LogP contribution >= 0.6 is 27.5 Å². The molecule has 1 saturated heterocycles. The molecule has 10 heteroatoms. The van der Waals surface area contributed by atoms with Crippen LogP contribution in [0, 0.1) is 0 Å². The average molecular weight is 491 g/mol. The number of rotatable bonds is 5. The Kier molecular flexibility index (Phi) is 6.18. The normalized spacial score (nSPS) is 16.9. The molecule has 3 N–H and O–H groups in total. The molecule has 3 rings (SSSR count). The summed E-state index contributed by atoms with van der Waals surface area (Å²) in [6.45, 7) is 0.905. The molecule has 1 atom stereocenters. The van der Waals surface area contributed by atoms with Gasteiger partial charge in [0.25, 0.3) is 5.91 Å². The fourth-order valence-corrected chi connectivity index (χ4v) is 5.10. The zero-order chi connectivity index (χ0) is 20.5. The second-order valence-electron chi connectivity index (χ2n) is 6.37. The molecule has 0 saturated carbocycles. The second kappa shape index (κ2) is 8.28. The molecule has 1 heterocycles. The van der Waals surface area contributed by atoms with E-state index < -0.39 is 33.0 Å². The molecule has 28 heavy (non-hydrogen) atoms. The summed E-state index contributed by atoms with van der Waals surface area (Å²) in [5.74, 6) is -2.10. The minimum atomic E-state index is -4.02. The van der Waals surface area contributed by atoms with Crippen LogP contribution in [-0.4, -0.2) is 43.8 Å². The summed E-state index contributed by atoms with van der Waals surface area (Å²) in [7, 11) is -4.02. The summed E-state index contributed by atoms with van der Waals surface area (Å²) in [5.41, 5.74) is -0.164. The van der Waals surface area contributed by atoms with E-state index in [4.69, 9.17) is 16.3 Å². The molecule has 0 spiro atoms. The first kappa shape index (κ1) is 20.9. The number of aromatic hydroxyl groups is 2. The third-order valence-corrected chi connectivity index (χ3v) is 6.67. The van der Waals surface area contributed by atoms with Crippen molar-refractivity contribution < 1.29 is 28.2 Å². The van der Waals surface area contributed by atoms with Crippen molar-refractivity contribution in [3.8, 4) is 11.5 Å². The van der Waals surface area contributed by atoms with E-state index in [1.807, 2.05) is 0 Å². The highest BCUT2D eigenvalue weighted by Crippen LogP contribution is 2.33. The van der Waals surface area contributed by atoms with Crippen LogP contribution < -0.4 is 5.32 Å². The Hall–Kier alpha value is -1.81. The number of phenolic OH excluding ortho intramolecular Hbond substituents is 2. The van der Waals surface area contributed by atoms with Crippen molar-refractivity contribution in [1.29, 1.82) is 0 Å². The number of amides is 1. The number of hydrogen-bond acceptors (Lipinski definition) is 6. The molecule has 2 aromatic carbocycles. The largest absolute Gasteiger partial charge is 0.507 e. The number of nitrogens with one attached hydrogen (secondary N) is 1. The molecule has 0 unspecified atom stereocenters. The molecule has 0 radical (unpaired) electrons. The molecule has 1 aliphatic heterocycles. The van der Waals surface area contributed by atoms with Gasteiger partial charge in [0.2, 0.25) is 0 Å². The summed E-state index contributed by atoms with van der Waals surface area (Å²) in [6.07, 6.45) is 0.649. The lowest BCUT2D eigenvalue weighted by molar-refractivity contribution is 0.0927. The molecule has 7 nitrogen and oxygen atoms in total. The first-order valence-electron chi connectivity index (χ1n) is 8.28. The van der Waals surface area contributed by atoms with Gasteiger partial charge in [-0.15, -0.1) is 0 Å². The molecule has 0 bridgehead atoms. The topological polar surface area (TPSA) is 113 Å². The van der Waals surface area contributed by atoms with Crippen molar-refractivity contribution in [2.45, 2.75) is 23.1 Å². The van der Waals surface area contributed by atoms with E-state index in [0.29, 0.717) is 24.1 Å². The van der Waals surface area contributed by atoms with E-state index in [1.54, 1.807) is 0 Å². The van der Waals surface area contributed by atoms with E-state index in [0.717, 1.165) is 0 Å². The number of halogens is 2. The third kappa shape index (κ3) is 4.60. The maximum Gasteiger partial charge on any atom is 0.255 e. The molecular weight excluding hydrogens is 474 g/mol. The van der Waals surface area contributed by atoms with E-state index in [2.05, 4.69) is 21.2 Å². The van der Waals surface area contributed by atoms with Crippen molar-refractivity contribution in [1.82, 2.24) is 5.32 Å². The maximum atomic E-state index is 12.7. The zero-order valence-corrected chi connectivity index (χ0v) is 17.6. The molecule has 2 aromatic rings. The third-order valence-electron chi connectivity index (χ3n) is 4.27. The number of ether oxygens (including phenoxy) is 1. The summed E-state index contributed by atoms with van der Waals surface area (Å²) in [6, 6.07) is 6.38. The van der Waals surface area contributed by atoms with Gasteiger partial charge in [0.1, 0.15) is 16.4 Å². The highest BCUT2D eigenvalue weighted by atomic mass is 79.9. The van der Waals surface area contributed by atoms with Gasteiger partial charge >= 0.3 is 0 Å². The zero-order valence-electron chi connectivity index (χ0n) is 14.5. The van der Waals surface area contributed by atoms with Crippen molar-refractivity contribution in [2.24, 2.45) is 0 Å². The van der Waals surface area contributed by atoms with Gasteiger partial charge in [0.05, 0.1) is 24.0 Å². The van der Waals surface area contributed by atoms with Gasteiger partial charge in [-0.05, 0) is 36.8 Å². The minimum Gasteiger partial charge on any atom is -0.507 e. The molecule has 0 aromatic heterocycles. The van der Waals surface area contributed by atoms with Crippen LogP contribution in [-0.2, 0) is 20.3 Å². The van der Waals surface area contributed by atoms with E-state index in [1.165, 1.54) is 30.3 Å². The number of sulfone groups is 1. The van der Waals surface area contributed by atoms with E-state index in [-0.39, 0.29) is 27.1 Å². The van der Waals surface area contributed by atoms with Crippen LogP contribution in [0.4, 0.5) is 0 Å². The van der Waals surface area contributed by atoms with Crippen LogP contribution in [0.15, 0.2) is 39.7 Å². The quantitative estimate of drug-likeness (QED) is 0.594. The van der Waals surface area contributed by atoms with E-state index >= 15 is 0 Å². The number of hydrogen-bond donors (Lipinski definition) is 3. The number of carbonyl (C=O) groups is 1. The smallest absolute Gasteiger partial charge is 0.255 e. The lowest BCUT2D eigenvalue weighted by Crippen LogP contribution is -2.35. The summed E-state index contributed by atoms with van der Waals surface area (Å²) in [4.78, 5) is 12.2. The van der Waals surface area contributed by atoms with Crippen LogP contribution in [0.3, 0.4) is 0 Å². The predicted molar refractivity (Wildman–Crippen MR) is 107 cm³/mol. The Morgan fingerprint density at radius 2 is 2.04 bits per heavy atom. The summed E-state index contributed by atoms with van der Waals surface area (Å²) in [5, 5.41) is 23.2. The van der Waals surface area contributed by atoms with Crippen LogP contribution in [0.1, 0.15) is 22.3 Å². The second-order valence-corrected chi connectivity index (χ2v) is 9.68. The number of benzene rings is 2. The van der Waals surface area contributed by atoms with Crippen molar-refractivity contribution in [2.75, 3.05) is 13.2 Å². The minimum absolute atomic E-state index is 0.0419. The SMILES string of the molecule is O=C(N[C@H]1CCOC1)c1cc(Cl)cc(CS(=O)(=O)c2cc(Br)ccc2O)c1O. The lowest BCUT2D eigenvalue weighted by atomic mass is 10.1. The van der Waals surface area contributed by atoms with Crippen LogP contribution in [0.5, 0.6) is 11.5 Å². The van der Waals surface area contributed by atoms with Crippen molar-refractivity contribution in [3.05, 3.63) is 51.0 Å². The molecular formula is C18H17BrClNO6S. The fraction of sp³-hybridized carbons (Fsp3) is 0.278. The Balaban J connectivity index is 1.93. The molecule has 1 amide bonds. The van der Waals surface area contributed by atoms with E-state index in [9.17, 15) is 23.4 Å². The van der Waals surface area contributed by atoms with Gasteiger partial charge in [-0.3, -0.25) is 4.79 Å². The molecule has 150 valence electrons. The Morgan fingerprint density at radius 1 is 1.29 bits per heavy atom. The van der Waals surface area contributed by atoms with Crippen molar-refractivity contribution >= 4 is 43.3 Å². The number of phenols is 2.